The number of hydrogen-bond donors (Lipinski definition) is 3. The number of anilines is 1. The molecule has 0 radical (unpaired) electrons. The first-order valence-corrected chi connectivity index (χ1v) is 5.42. The van der Waals surface area contributed by atoms with Crippen molar-refractivity contribution < 1.29 is 14.7 Å². The summed E-state index contributed by atoms with van der Waals surface area (Å²) in [6.45, 7) is 3.60. The van der Waals surface area contributed by atoms with Crippen molar-refractivity contribution in [3.05, 3.63) is 12.4 Å². The van der Waals surface area contributed by atoms with Gasteiger partial charge in [-0.1, -0.05) is 13.8 Å². The SMILES string of the molecule is CC(C)C(CNC(=O)Nc1nccnn1)C(=O)O. The van der Waals surface area contributed by atoms with Crippen LogP contribution in [-0.4, -0.2) is 38.8 Å². The van der Waals surface area contributed by atoms with Crippen LogP contribution in [0.1, 0.15) is 13.8 Å². The third kappa shape index (κ3) is 4.32. The summed E-state index contributed by atoms with van der Waals surface area (Å²) < 4.78 is 0. The van der Waals surface area contributed by atoms with Crippen LogP contribution in [0.25, 0.3) is 0 Å². The number of amides is 2. The molecule has 3 N–H and O–H groups in total. The molecule has 0 bridgehead atoms. The number of aliphatic carboxylic acids is 1. The summed E-state index contributed by atoms with van der Waals surface area (Å²) in [6.07, 6.45) is 2.76. The van der Waals surface area contributed by atoms with Gasteiger partial charge in [-0.15, -0.1) is 5.10 Å². The van der Waals surface area contributed by atoms with E-state index in [1.54, 1.807) is 13.8 Å². The molecule has 0 fully saturated rings. The van der Waals surface area contributed by atoms with Crippen molar-refractivity contribution in [1.29, 1.82) is 0 Å². The molecule has 1 unspecified atom stereocenters. The van der Waals surface area contributed by atoms with E-state index in [1.165, 1.54) is 12.4 Å². The number of hydrogen-bond acceptors (Lipinski definition) is 5. The molecule has 8 heteroatoms. The average molecular weight is 253 g/mol. The Morgan fingerprint density at radius 1 is 1.39 bits per heavy atom. The van der Waals surface area contributed by atoms with Crippen molar-refractivity contribution in [3.8, 4) is 0 Å². The van der Waals surface area contributed by atoms with Crippen molar-refractivity contribution in [2.75, 3.05) is 11.9 Å². The summed E-state index contributed by atoms with van der Waals surface area (Å²) in [4.78, 5) is 26.1. The number of nitrogens with one attached hydrogen (secondary N) is 2. The highest BCUT2D eigenvalue weighted by molar-refractivity contribution is 5.87. The van der Waals surface area contributed by atoms with Gasteiger partial charge in [-0.05, 0) is 5.92 Å². The highest BCUT2D eigenvalue weighted by Gasteiger charge is 2.21. The Balaban J connectivity index is 2.44. The Morgan fingerprint density at radius 2 is 2.11 bits per heavy atom. The van der Waals surface area contributed by atoms with Crippen LogP contribution in [0.15, 0.2) is 12.4 Å². The average Bonchev–Trinajstić information content (AvgIpc) is 2.29. The number of aromatic nitrogens is 3. The number of carbonyl (C=O) groups excluding carboxylic acids is 1. The second kappa shape index (κ2) is 6.48. The molecule has 0 aliphatic rings. The van der Waals surface area contributed by atoms with Gasteiger partial charge >= 0.3 is 12.0 Å². The summed E-state index contributed by atoms with van der Waals surface area (Å²) >= 11 is 0. The highest BCUT2D eigenvalue weighted by Crippen LogP contribution is 2.09. The van der Waals surface area contributed by atoms with E-state index in [0.717, 1.165) is 0 Å². The smallest absolute Gasteiger partial charge is 0.321 e. The molecule has 2 amide bonds. The summed E-state index contributed by atoms with van der Waals surface area (Å²) in [7, 11) is 0. The minimum Gasteiger partial charge on any atom is -0.481 e. The van der Waals surface area contributed by atoms with Gasteiger partial charge in [0, 0.05) is 6.54 Å². The zero-order valence-corrected chi connectivity index (χ0v) is 10.1. The van der Waals surface area contributed by atoms with Crippen LogP contribution in [0.4, 0.5) is 10.7 Å². The lowest BCUT2D eigenvalue weighted by Gasteiger charge is -2.16. The number of nitrogens with zero attached hydrogens (tertiary/aromatic N) is 3. The van der Waals surface area contributed by atoms with Gasteiger partial charge in [0.05, 0.1) is 18.3 Å². The van der Waals surface area contributed by atoms with Gasteiger partial charge in [0.25, 0.3) is 5.95 Å². The quantitative estimate of drug-likeness (QED) is 0.697. The molecule has 1 heterocycles. The van der Waals surface area contributed by atoms with Crippen LogP contribution in [0.2, 0.25) is 0 Å². The van der Waals surface area contributed by atoms with Crippen molar-refractivity contribution in [1.82, 2.24) is 20.5 Å². The molecule has 98 valence electrons. The monoisotopic (exact) mass is 253 g/mol. The van der Waals surface area contributed by atoms with Crippen LogP contribution >= 0.6 is 0 Å². The Kier molecular flexibility index (Phi) is 4.97. The van der Waals surface area contributed by atoms with Crippen molar-refractivity contribution >= 4 is 17.9 Å². The number of carboxylic acids is 1. The van der Waals surface area contributed by atoms with Gasteiger partial charge in [-0.25, -0.2) is 9.78 Å². The van der Waals surface area contributed by atoms with Gasteiger partial charge < -0.3 is 10.4 Å². The van der Waals surface area contributed by atoms with E-state index < -0.39 is 17.9 Å². The van der Waals surface area contributed by atoms with E-state index in [4.69, 9.17) is 5.11 Å². The molecule has 8 nitrogen and oxygen atoms in total. The lowest BCUT2D eigenvalue weighted by atomic mass is 9.96. The number of urea groups is 1. The molecular weight excluding hydrogens is 238 g/mol. The van der Waals surface area contributed by atoms with E-state index in [9.17, 15) is 9.59 Å². The van der Waals surface area contributed by atoms with Gasteiger partial charge in [-0.3, -0.25) is 10.1 Å². The Labute approximate surface area is 104 Å². The number of rotatable bonds is 5. The summed E-state index contributed by atoms with van der Waals surface area (Å²) in [5.41, 5.74) is 0. The maximum Gasteiger partial charge on any atom is 0.321 e. The van der Waals surface area contributed by atoms with Crippen LogP contribution in [0, 0.1) is 11.8 Å². The van der Waals surface area contributed by atoms with Crippen molar-refractivity contribution in [2.45, 2.75) is 13.8 Å². The Hall–Kier alpha value is -2.25. The largest absolute Gasteiger partial charge is 0.481 e. The number of carboxylic acid groups (broad SMARTS) is 1. The second-order valence-electron chi connectivity index (χ2n) is 3.99. The van der Waals surface area contributed by atoms with E-state index in [1.807, 2.05) is 0 Å². The topological polar surface area (TPSA) is 117 Å². The van der Waals surface area contributed by atoms with Crippen LogP contribution in [0.3, 0.4) is 0 Å². The molecule has 0 aliphatic heterocycles. The number of carbonyl (C=O) groups is 2. The van der Waals surface area contributed by atoms with Crippen LogP contribution < -0.4 is 10.6 Å². The molecule has 0 aromatic carbocycles. The Morgan fingerprint density at radius 3 is 2.61 bits per heavy atom. The maximum absolute atomic E-state index is 11.4. The maximum atomic E-state index is 11.4. The third-order valence-corrected chi connectivity index (χ3v) is 2.31. The molecule has 0 aliphatic carbocycles. The minimum absolute atomic E-state index is 0.0408. The molecule has 0 saturated heterocycles. The minimum atomic E-state index is -0.942. The second-order valence-corrected chi connectivity index (χ2v) is 3.99. The third-order valence-electron chi connectivity index (χ3n) is 2.31. The molecular formula is C10H15N5O3. The molecule has 1 rings (SSSR count). The first-order valence-electron chi connectivity index (χ1n) is 5.42. The van der Waals surface area contributed by atoms with Gasteiger partial charge in [0.15, 0.2) is 0 Å². The van der Waals surface area contributed by atoms with E-state index in [0.29, 0.717) is 0 Å². The molecule has 0 spiro atoms. The van der Waals surface area contributed by atoms with Crippen LogP contribution in [0.5, 0.6) is 0 Å². The van der Waals surface area contributed by atoms with E-state index >= 15 is 0 Å². The lowest BCUT2D eigenvalue weighted by Crippen LogP contribution is -2.38. The summed E-state index contributed by atoms with van der Waals surface area (Å²) in [6, 6.07) is -0.560. The summed E-state index contributed by atoms with van der Waals surface area (Å²) in [5.74, 6) is -1.59. The molecule has 1 aromatic heterocycles. The lowest BCUT2D eigenvalue weighted by molar-refractivity contribution is -0.142. The van der Waals surface area contributed by atoms with Crippen LogP contribution in [-0.2, 0) is 4.79 Å². The van der Waals surface area contributed by atoms with Crippen molar-refractivity contribution in [3.63, 3.8) is 0 Å². The molecule has 18 heavy (non-hydrogen) atoms. The van der Waals surface area contributed by atoms with Gasteiger partial charge in [-0.2, -0.15) is 5.10 Å². The molecule has 0 saturated carbocycles. The zero-order chi connectivity index (χ0) is 13.5. The molecule has 1 atom stereocenters. The predicted molar refractivity (Wildman–Crippen MR) is 62.8 cm³/mol. The first-order chi connectivity index (χ1) is 8.50. The molecule has 1 aromatic rings. The standard InChI is InChI=1S/C10H15N5O3/c1-6(2)7(8(16)17)5-12-10(18)14-9-11-3-4-13-15-9/h3-4,6-7H,5H2,1-2H3,(H,16,17)(H2,11,12,14,15,18). The van der Waals surface area contributed by atoms with Gasteiger partial charge in [0.1, 0.15) is 0 Å². The first kappa shape index (κ1) is 13.8. The summed E-state index contributed by atoms with van der Waals surface area (Å²) in [5, 5.41) is 20.8. The fraction of sp³-hybridized carbons (Fsp3) is 0.500. The normalized spacial score (nSPS) is 11.9. The highest BCUT2D eigenvalue weighted by atomic mass is 16.4. The van der Waals surface area contributed by atoms with E-state index in [2.05, 4.69) is 25.8 Å². The van der Waals surface area contributed by atoms with E-state index in [-0.39, 0.29) is 18.4 Å². The predicted octanol–water partition coefficient (Wildman–Crippen LogP) is 0.350. The fourth-order valence-corrected chi connectivity index (χ4v) is 1.26. The van der Waals surface area contributed by atoms with Gasteiger partial charge in [0.2, 0.25) is 0 Å². The fourth-order valence-electron chi connectivity index (χ4n) is 1.26. The van der Waals surface area contributed by atoms with Crippen molar-refractivity contribution in [2.24, 2.45) is 11.8 Å². The zero-order valence-electron chi connectivity index (χ0n) is 10.1. The Bertz CT molecular complexity index is 409.